The molecule has 154 valence electrons. The van der Waals surface area contributed by atoms with Crippen molar-refractivity contribution in [3.05, 3.63) is 65.2 Å². The second-order valence-electron chi connectivity index (χ2n) is 7.35. The summed E-state index contributed by atoms with van der Waals surface area (Å²) < 4.78 is 5.40. The number of benzene rings is 2. The highest BCUT2D eigenvalue weighted by atomic mass is 16.5. The molecule has 3 N–H and O–H groups in total. The van der Waals surface area contributed by atoms with Gasteiger partial charge in [-0.3, -0.25) is 9.59 Å². The minimum atomic E-state index is -0.218. The first kappa shape index (κ1) is 21.0. The first-order valence-corrected chi connectivity index (χ1v) is 10.4. The van der Waals surface area contributed by atoms with Crippen molar-refractivity contribution >= 4 is 17.5 Å². The van der Waals surface area contributed by atoms with Gasteiger partial charge in [0.1, 0.15) is 19.6 Å². The summed E-state index contributed by atoms with van der Waals surface area (Å²) in [7, 11) is 0. The van der Waals surface area contributed by atoms with E-state index in [1.165, 1.54) is 10.5 Å². The number of para-hydroxylation sites is 1. The molecule has 0 aliphatic carbocycles. The summed E-state index contributed by atoms with van der Waals surface area (Å²) >= 11 is 0. The Balaban J connectivity index is 1.62. The zero-order valence-corrected chi connectivity index (χ0v) is 17.0. The van der Waals surface area contributed by atoms with Crippen LogP contribution in [0.1, 0.15) is 46.0 Å². The van der Waals surface area contributed by atoms with Crippen molar-refractivity contribution in [1.29, 1.82) is 0 Å². The molecule has 0 atom stereocenters. The van der Waals surface area contributed by atoms with Crippen LogP contribution in [0.15, 0.2) is 48.5 Å². The largest absolute Gasteiger partial charge is 0.370 e. The fourth-order valence-electron chi connectivity index (χ4n) is 3.36. The average Bonchev–Trinajstić information content (AvgIpc) is 2.75. The van der Waals surface area contributed by atoms with E-state index in [1.54, 1.807) is 18.2 Å². The molecule has 3 rings (SSSR count). The molecule has 1 aliphatic heterocycles. The first-order valence-electron chi connectivity index (χ1n) is 10.4. The van der Waals surface area contributed by atoms with Gasteiger partial charge in [-0.05, 0) is 30.7 Å². The molecular formula is C23H30N3O3+. The molecule has 0 radical (unpaired) electrons. The highest BCUT2D eigenvalue weighted by Crippen LogP contribution is 2.16. The minimum absolute atomic E-state index is 0.168. The lowest BCUT2D eigenvalue weighted by Crippen LogP contribution is -3.12. The predicted octanol–water partition coefficient (Wildman–Crippen LogP) is 1.88. The third-order valence-corrected chi connectivity index (χ3v) is 5.11. The Hall–Kier alpha value is -2.70. The quantitative estimate of drug-likeness (QED) is 0.597. The number of hydrogen-bond donors (Lipinski definition) is 3. The van der Waals surface area contributed by atoms with Gasteiger partial charge in [0.25, 0.3) is 11.8 Å². The standard InChI is InChI=1S/C23H29N3O3/c1-2-3-12-24-23(28)20-6-4-5-7-21(20)25-22(27)19-10-8-18(9-11-19)17-26-13-15-29-16-14-26/h4-11H,2-3,12-17H2,1H3,(H,24,28)(H,25,27)/p+1. The van der Waals surface area contributed by atoms with Gasteiger partial charge >= 0.3 is 0 Å². The molecule has 29 heavy (non-hydrogen) atoms. The summed E-state index contributed by atoms with van der Waals surface area (Å²) in [5.41, 5.74) is 2.78. The number of quaternary nitrogens is 1. The van der Waals surface area contributed by atoms with Gasteiger partial charge in [-0.25, -0.2) is 0 Å². The Kier molecular flexibility index (Phi) is 7.78. The Morgan fingerprint density at radius 1 is 1.00 bits per heavy atom. The molecule has 6 heteroatoms. The fraction of sp³-hybridized carbons (Fsp3) is 0.391. The van der Waals surface area contributed by atoms with Crippen molar-refractivity contribution < 1.29 is 19.2 Å². The lowest BCUT2D eigenvalue weighted by Gasteiger charge is -2.23. The van der Waals surface area contributed by atoms with Crippen LogP contribution in [0.3, 0.4) is 0 Å². The van der Waals surface area contributed by atoms with Gasteiger partial charge in [0.05, 0.1) is 24.5 Å². The average molecular weight is 397 g/mol. The number of carbonyl (C=O) groups is 2. The molecule has 0 unspecified atom stereocenters. The maximum atomic E-state index is 12.7. The summed E-state index contributed by atoms with van der Waals surface area (Å²) in [6.07, 6.45) is 1.94. The van der Waals surface area contributed by atoms with Crippen LogP contribution in [0.4, 0.5) is 5.69 Å². The number of hydrogen-bond acceptors (Lipinski definition) is 3. The number of anilines is 1. The van der Waals surface area contributed by atoms with Crippen LogP contribution in [0.25, 0.3) is 0 Å². The lowest BCUT2D eigenvalue weighted by atomic mass is 10.1. The minimum Gasteiger partial charge on any atom is -0.370 e. The third-order valence-electron chi connectivity index (χ3n) is 5.11. The number of nitrogens with one attached hydrogen (secondary N) is 3. The highest BCUT2D eigenvalue weighted by molar-refractivity contribution is 6.09. The van der Waals surface area contributed by atoms with Crippen LogP contribution in [-0.4, -0.2) is 44.7 Å². The van der Waals surface area contributed by atoms with Gasteiger partial charge in [-0.1, -0.05) is 37.6 Å². The molecule has 0 bridgehead atoms. The summed E-state index contributed by atoms with van der Waals surface area (Å²) in [4.78, 5) is 26.6. The topological polar surface area (TPSA) is 71.9 Å². The van der Waals surface area contributed by atoms with Crippen LogP contribution in [0.5, 0.6) is 0 Å². The number of unbranched alkanes of at least 4 members (excludes halogenated alkanes) is 1. The molecule has 6 nitrogen and oxygen atoms in total. The van der Waals surface area contributed by atoms with E-state index >= 15 is 0 Å². The molecule has 0 aromatic heterocycles. The molecule has 1 fully saturated rings. The van der Waals surface area contributed by atoms with Crippen molar-refractivity contribution in [2.45, 2.75) is 26.3 Å². The molecule has 1 saturated heterocycles. The number of rotatable bonds is 8. The number of amides is 2. The molecule has 2 amide bonds. The number of ether oxygens (including phenoxy) is 1. The zero-order chi connectivity index (χ0) is 20.5. The van der Waals surface area contributed by atoms with Crippen molar-refractivity contribution in [3.63, 3.8) is 0 Å². The van der Waals surface area contributed by atoms with E-state index in [-0.39, 0.29) is 11.8 Å². The van der Waals surface area contributed by atoms with E-state index in [1.807, 2.05) is 30.3 Å². The van der Waals surface area contributed by atoms with Crippen molar-refractivity contribution in [2.75, 3.05) is 38.2 Å². The van der Waals surface area contributed by atoms with E-state index in [4.69, 9.17) is 4.74 Å². The monoisotopic (exact) mass is 396 g/mol. The maximum Gasteiger partial charge on any atom is 0.255 e. The van der Waals surface area contributed by atoms with Gasteiger partial charge in [-0.2, -0.15) is 0 Å². The second kappa shape index (κ2) is 10.7. The van der Waals surface area contributed by atoms with E-state index in [0.717, 1.165) is 45.7 Å². The van der Waals surface area contributed by atoms with E-state index < -0.39 is 0 Å². The predicted molar refractivity (Wildman–Crippen MR) is 113 cm³/mol. The SMILES string of the molecule is CCCCNC(=O)c1ccccc1NC(=O)c1ccc(C[NH+]2CCOCC2)cc1. The van der Waals surface area contributed by atoms with Crippen LogP contribution < -0.4 is 15.5 Å². The molecular weight excluding hydrogens is 366 g/mol. The number of carbonyl (C=O) groups excluding carboxylic acids is 2. The fourth-order valence-corrected chi connectivity index (χ4v) is 3.36. The van der Waals surface area contributed by atoms with Crippen molar-refractivity contribution in [2.24, 2.45) is 0 Å². The van der Waals surface area contributed by atoms with Crippen LogP contribution in [-0.2, 0) is 11.3 Å². The van der Waals surface area contributed by atoms with Gasteiger partial charge in [0.15, 0.2) is 0 Å². The van der Waals surface area contributed by atoms with Crippen molar-refractivity contribution in [1.82, 2.24) is 5.32 Å². The zero-order valence-electron chi connectivity index (χ0n) is 17.0. The molecule has 1 heterocycles. The van der Waals surface area contributed by atoms with Gasteiger partial charge in [0.2, 0.25) is 0 Å². The first-order chi connectivity index (χ1) is 14.2. The summed E-state index contributed by atoms with van der Waals surface area (Å²) in [6.45, 7) is 7.28. The Bertz CT molecular complexity index is 814. The lowest BCUT2D eigenvalue weighted by molar-refractivity contribution is -0.921. The highest BCUT2D eigenvalue weighted by Gasteiger charge is 2.16. The number of morpholine rings is 1. The van der Waals surface area contributed by atoms with Crippen LogP contribution in [0.2, 0.25) is 0 Å². The summed E-state index contributed by atoms with van der Waals surface area (Å²) in [5, 5.41) is 5.78. The van der Waals surface area contributed by atoms with E-state index in [2.05, 4.69) is 17.6 Å². The Labute approximate surface area is 172 Å². The smallest absolute Gasteiger partial charge is 0.255 e. The summed E-state index contributed by atoms with van der Waals surface area (Å²) in [5.74, 6) is -0.387. The second-order valence-corrected chi connectivity index (χ2v) is 7.35. The van der Waals surface area contributed by atoms with Gasteiger partial charge in [-0.15, -0.1) is 0 Å². The maximum absolute atomic E-state index is 12.7. The Morgan fingerprint density at radius 3 is 2.45 bits per heavy atom. The molecule has 0 saturated carbocycles. The van der Waals surface area contributed by atoms with Crippen LogP contribution >= 0.6 is 0 Å². The molecule has 2 aromatic carbocycles. The molecule has 0 spiro atoms. The van der Waals surface area contributed by atoms with E-state index in [0.29, 0.717) is 23.4 Å². The van der Waals surface area contributed by atoms with Gasteiger partial charge in [0, 0.05) is 17.7 Å². The van der Waals surface area contributed by atoms with Crippen molar-refractivity contribution in [3.8, 4) is 0 Å². The van der Waals surface area contributed by atoms with Gasteiger partial charge < -0.3 is 20.3 Å². The molecule has 1 aliphatic rings. The summed E-state index contributed by atoms with van der Waals surface area (Å²) in [6, 6.07) is 14.8. The normalized spacial score (nSPS) is 14.4. The van der Waals surface area contributed by atoms with E-state index in [9.17, 15) is 9.59 Å². The Morgan fingerprint density at radius 2 is 1.72 bits per heavy atom. The van der Waals surface area contributed by atoms with Crippen LogP contribution in [0, 0.1) is 0 Å². The molecule has 2 aromatic rings. The third kappa shape index (κ3) is 6.14.